The molecule has 96 valence electrons. The van der Waals surface area contributed by atoms with Crippen molar-refractivity contribution in [1.82, 2.24) is 14.7 Å². The van der Waals surface area contributed by atoms with Crippen LogP contribution < -0.4 is 5.32 Å². The Morgan fingerprint density at radius 3 is 2.82 bits per heavy atom. The number of alkyl halides is 2. The Labute approximate surface area is 99.6 Å². The van der Waals surface area contributed by atoms with Gasteiger partial charge in [0, 0.05) is 12.2 Å². The van der Waals surface area contributed by atoms with E-state index in [9.17, 15) is 8.78 Å². The summed E-state index contributed by atoms with van der Waals surface area (Å²) in [5, 5.41) is 7.24. The maximum atomic E-state index is 12.1. The Morgan fingerprint density at radius 2 is 2.18 bits per heavy atom. The van der Waals surface area contributed by atoms with E-state index in [-0.39, 0.29) is 6.54 Å². The molecule has 1 saturated heterocycles. The van der Waals surface area contributed by atoms with Gasteiger partial charge in [0.2, 0.25) is 0 Å². The Kier molecular flexibility index (Phi) is 3.93. The fourth-order valence-electron chi connectivity index (χ4n) is 2.07. The van der Waals surface area contributed by atoms with Gasteiger partial charge in [-0.3, -0.25) is 4.68 Å². The minimum Gasteiger partial charge on any atom is -0.380 e. The lowest BCUT2D eigenvalue weighted by Gasteiger charge is -2.29. The zero-order valence-corrected chi connectivity index (χ0v) is 9.94. The van der Waals surface area contributed by atoms with Crippen LogP contribution in [0, 0.1) is 0 Å². The van der Waals surface area contributed by atoms with Crippen molar-refractivity contribution in [3.63, 3.8) is 0 Å². The number of nitrogens with one attached hydrogen (secondary N) is 1. The summed E-state index contributed by atoms with van der Waals surface area (Å²) in [7, 11) is 2.11. The Hall–Kier alpha value is -1.17. The van der Waals surface area contributed by atoms with Crippen LogP contribution in [0.15, 0.2) is 12.4 Å². The first kappa shape index (κ1) is 12.3. The third kappa shape index (κ3) is 3.66. The van der Waals surface area contributed by atoms with Crippen LogP contribution in [0.3, 0.4) is 0 Å². The molecule has 6 heteroatoms. The second kappa shape index (κ2) is 5.44. The number of likely N-dealkylation sites (tertiary alicyclic amines) is 1. The SMILES string of the molecule is CN1CCC(Nc2cnn(CC(F)F)c2)CC1. The third-order valence-electron chi connectivity index (χ3n) is 3.05. The number of nitrogens with zero attached hydrogens (tertiary/aromatic N) is 3. The van der Waals surface area contributed by atoms with Crippen molar-refractivity contribution in [2.45, 2.75) is 31.9 Å². The van der Waals surface area contributed by atoms with Crippen molar-refractivity contribution >= 4 is 5.69 Å². The van der Waals surface area contributed by atoms with Crippen molar-refractivity contribution in [1.29, 1.82) is 0 Å². The van der Waals surface area contributed by atoms with E-state index in [0.717, 1.165) is 31.6 Å². The molecule has 2 rings (SSSR count). The molecule has 0 radical (unpaired) electrons. The van der Waals surface area contributed by atoms with Gasteiger partial charge in [-0.05, 0) is 33.0 Å². The molecule has 0 bridgehead atoms. The molecule has 1 aliphatic rings. The summed E-state index contributed by atoms with van der Waals surface area (Å²) in [5.74, 6) is 0. The molecule has 1 N–H and O–H groups in total. The minimum atomic E-state index is -2.36. The number of halogens is 2. The van der Waals surface area contributed by atoms with Crippen LogP contribution in [0.2, 0.25) is 0 Å². The first-order valence-corrected chi connectivity index (χ1v) is 5.89. The van der Waals surface area contributed by atoms with Crippen LogP contribution in [0.5, 0.6) is 0 Å². The molecular weight excluding hydrogens is 226 g/mol. The molecule has 0 aromatic carbocycles. The molecule has 17 heavy (non-hydrogen) atoms. The molecule has 0 saturated carbocycles. The van der Waals surface area contributed by atoms with Crippen molar-refractivity contribution < 1.29 is 8.78 Å². The number of aromatic nitrogens is 2. The topological polar surface area (TPSA) is 33.1 Å². The summed E-state index contributed by atoms with van der Waals surface area (Å²) in [6.07, 6.45) is 3.06. The summed E-state index contributed by atoms with van der Waals surface area (Å²) in [5.41, 5.74) is 0.834. The van der Waals surface area contributed by atoms with Gasteiger partial charge in [-0.2, -0.15) is 5.10 Å². The molecule has 0 amide bonds. The van der Waals surface area contributed by atoms with E-state index < -0.39 is 6.43 Å². The standard InChI is InChI=1S/C11H18F2N4/c1-16-4-2-9(3-5-16)15-10-6-14-17(7-10)8-11(12)13/h6-7,9,11,15H,2-5,8H2,1H3. The average Bonchev–Trinajstić information content (AvgIpc) is 2.68. The maximum absolute atomic E-state index is 12.1. The Morgan fingerprint density at radius 1 is 1.47 bits per heavy atom. The zero-order valence-electron chi connectivity index (χ0n) is 9.94. The summed E-state index contributed by atoms with van der Waals surface area (Å²) >= 11 is 0. The number of hydrogen-bond donors (Lipinski definition) is 1. The normalized spacial score (nSPS) is 18.8. The van der Waals surface area contributed by atoms with Gasteiger partial charge in [0.25, 0.3) is 6.43 Å². The number of anilines is 1. The van der Waals surface area contributed by atoms with Crippen LogP contribution in [0.1, 0.15) is 12.8 Å². The van der Waals surface area contributed by atoms with Crippen LogP contribution in [-0.4, -0.2) is 47.3 Å². The van der Waals surface area contributed by atoms with Crippen molar-refractivity contribution in [3.8, 4) is 0 Å². The highest BCUT2D eigenvalue weighted by Gasteiger charge is 2.16. The van der Waals surface area contributed by atoms with Gasteiger partial charge in [0.15, 0.2) is 0 Å². The van der Waals surface area contributed by atoms with Gasteiger partial charge >= 0.3 is 0 Å². The van der Waals surface area contributed by atoms with Gasteiger partial charge in [-0.25, -0.2) is 8.78 Å². The van der Waals surface area contributed by atoms with E-state index in [4.69, 9.17) is 0 Å². The predicted molar refractivity (Wildman–Crippen MR) is 62.4 cm³/mol. The van der Waals surface area contributed by atoms with Gasteiger partial charge in [0.1, 0.15) is 6.54 Å². The van der Waals surface area contributed by atoms with Gasteiger partial charge in [-0.1, -0.05) is 0 Å². The van der Waals surface area contributed by atoms with Crippen molar-refractivity contribution in [2.75, 3.05) is 25.5 Å². The predicted octanol–water partition coefficient (Wildman–Crippen LogP) is 1.65. The van der Waals surface area contributed by atoms with Gasteiger partial charge < -0.3 is 10.2 Å². The number of piperidine rings is 1. The quantitative estimate of drug-likeness (QED) is 0.874. The molecule has 1 aliphatic heterocycles. The lowest BCUT2D eigenvalue weighted by molar-refractivity contribution is 0.122. The van der Waals surface area contributed by atoms with E-state index in [1.54, 1.807) is 12.4 Å². The first-order valence-electron chi connectivity index (χ1n) is 5.89. The van der Waals surface area contributed by atoms with Crippen LogP contribution in [-0.2, 0) is 6.54 Å². The molecule has 1 aromatic rings. The summed E-state index contributed by atoms with van der Waals surface area (Å²) < 4.78 is 25.6. The zero-order chi connectivity index (χ0) is 12.3. The van der Waals surface area contributed by atoms with Crippen LogP contribution in [0.4, 0.5) is 14.5 Å². The molecule has 1 aromatic heterocycles. The summed E-state index contributed by atoms with van der Waals surface area (Å²) in [6, 6.07) is 0.426. The molecule has 0 spiro atoms. The largest absolute Gasteiger partial charge is 0.380 e. The third-order valence-corrected chi connectivity index (χ3v) is 3.05. The molecule has 4 nitrogen and oxygen atoms in total. The highest BCUT2D eigenvalue weighted by molar-refractivity contribution is 5.39. The van der Waals surface area contributed by atoms with Crippen molar-refractivity contribution in [3.05, 3.63) is 12.4 Å². The molecule has 1 fully saturated rings. The molecule has 2 heterocycles. The monoisotopic (exact) mass is 244 g/mol. The number of hydrogen-bond acceptors (Lipinski definition) is 3. The van der Waals surface area contributed by atoms with Gasteiger partial charge in [0.05, 0.1) is 11.9 Å². The minimum absolute atomic E-state index is 0.338. The summed E-state index contributed by atoms with van der Waals surface area (Å²) in [4.78, 5) is 2.29. The average molecular weight is 244 g/mol. The molecule has 0 aliphatic carbocycles. The fraction of sp³-hybridized carbons (Fsp3) is 0.727. The second-order valence-corrected chi connectivity index (χ2v) is 4.56. The van der Waals surface area contributed by atoms with Crippen LogP contribution >= 0.6 is 0 Å². The fourth-order valence-corrected chi connectivity index (χ4v) is 2.07. The van der Waals surface area contributed by atoms with E-state index in [0.29, 0.717) is 6.04 Å². The van der Waals surface area contributed by atoms with Crippen LogP contribution in [0.25, 0.3) is 0 Å². The Balaban J connectivity index is 1.84. The first-order chi connectivity index (χ1) is 8.13. The van der Waals surface area contributed by atoms with E-state index in [1.807, 2.05) is 0 Å². The van der Waals surface area contributed by atoms with E-state index >= 15 is 0 Å². The smallest absolute Gasteiger partial charge is 0.257 e. The molecule has 0 atom stereocenters. The maximum Gasteiger partial charge on any atom is 0.257 e. The highest BCUT2D eigenvalue weighted by atomic mass is 19.3. The lowest BCUT2D eigenvalue weighted by atomic mass is 10.1. The molecule has 0 unspecified atom stereocenters. The number of rotatable bonds is 4. The van der Waals surface area contributed by atoms with Gasteiger partial charge in [-0.15, -0.1) is 0 Å². The Bertz CT molecular complexity index is 345. The van der Waals surface area contributed by atoms with Crippen molar-refractivity contribution in [2.24, 2.45) is 0 Å². The summed E-state index contributed by atoms with van der Waals surface area (Å²) in [6.45, 7) is 1.81. The second-order valence-electron chi connectivity index (χ2n) is 4.56. The lowest BCUT2D eigenvalue weighted by Crippen LogP contribution is -2.36. The highest BCUT2D eigenvalue weighted by Crippen LogP contribution is 2.15. The van der Waals surface area contributed by atoms with E-state index in [1.165, 1.54) is 4.68 Å². The van der Waals surface area contributed by atoms with E-state index in [2.05, 4.69) is 22.4 Å². The molecular formula is C11H18F2N4.